The smallest absolute Gasteiger partial charge is 0.0911 e. The molecule has 0 amide bonds. The topological polar surface area (TPSA) is 56.4 Å². The monoisotopic (exact) mass is 224 g/mol. The van der Waals surface area contributed by atoms with Crippen molar-refractivity contribution in [3.05, 3.63) is 0 Å². The molecule has 1 saturated carbocycles. The molecule has 0 aromatic heterocycles. The van der Waals surface area contributed by atoms with Gasteiger partial charge in [0.15, 0.2) is 0 Å². The van der Waals surface area contributed by atoms with Gasteiger partial charge in [-0.25, -0.2) is 0 Å². The van der Waals surface area contributed by atoms with Crippen LogP contribution in [-0.2, 0) is 0 Å². The van der Waals surface area contributed by atoms with Crippen molar-refractivity contribution in [2.24, 2.45) is 11.1 Å². The molecule has 1 unspecified atom stereocenters. The van der Waals surface area contributed by atoms with Crippen molar-refractivity contribution in [2.75, 3.05) is 33.7 Å². The van der Waals surface area contributed by atoms with E-state index in [0.29, 0.717) is 17.3 Å². The minimum Gasteiger partial charge on any atom is -0.388 e. The van der Waals surface area contributed by atoms with E-state index < -0.39 is 0 Å². The summed E-state index contributed by atoms with van der Waals surface area (Å²) >= 11 is 0. The molecule has 1 saturated heterocycles. The van der Waals surface area contributed by atoms with Crippen LogP contribution in [0.15, 0.2) is 0 Å². The second-order valence-corrected chi connectivity index (χ2v) is 5.84. The summed E-state index contributed by atoms with van der Waals surface area (Å²) < 4.78 is 0. The quantitative estimate of drug-likeness (QED) is 0.534. The average Bonchev–Trinajstić information content (AvgIpc) is 2.75. The molecular weight excluding hydrogens is 200 g/mol. The number of likely N-dealkylation sites (N-methyl/N-ethyl adjacent to an activating group) is 1. The van der Waals surface area contributed by atoms with Gasteiger partial charge in [0, 0.05) is 25.6 Å². The van der Waals surface area contributed by atoms with Gasteiger partial charge in [0.05, 0.1) is 5.84 Å². The number of hydrogen-bond acceptors (Lipinski definition) is 3. The number of nitrogens with zero attached hydrogens (tertiary/aromatic N) is 2. The van der Waals surface area contributed by atoms with E-state index in [-0.39, 0.29) is 0 Å². The Balaban J connectivity index is 1.81. The molecule has 1 aliphatic heterocycles. The maximum absolute atomic E-state index is 7.42. The molecule has 2 fully saturated rings. The third kappa shape index (κ3) is 2.74. The average molecular weight is 224 g/mol. The summed E-state index contributed by atoms with van der Waals surface area (Å²) in [5.41, 5.74) is 5.89. The van der Waals surface area contributed by atoms with Gasteiger partial charge >= 0.3 is 0 Å². The molecule has 2 aliphatic rings. The zero-order valence-electron chi connectivity index (χ0n) is 10.5. The minimum atomic E-state index is 0.362. The van der Waals surface area contributed by atoms with Gasteiger partial charge in [-0.05, 0) is 45.3 Å². The molecule has 2 rings (SSSR count). The van der Waals surface area contributed by atoms with Crippen molar-refractivity contribution in [1.29, 1.82) is 5.41 Å². The number of nitrogens with two attached hydrogens (primary N) is 1. The van der Waals surface area contributed by atoms with Gasteiger partial charge in [0.1, 0.15) is 0 Å². The predicted molar refractivity (Wildman–Crippen MR) is 66.7 cm³/mol. The predicted octanol–water partition coefficient (Wildman–Crippen LogP) is 0.729. The fourth-order valence-corrected chi connectivity index (χ4v) is 2.82. The number of likely N-dealkylation sites (tertiary alicyclic amines) is 1. The van der Waals surface area contributed by atoms with Gasteiger partial charge in [0.2, 0.25) is 0 Å². The summed E-state index contributed by atoms with van der Waals surface area (Å²) in [6, 6.07) is 0.716. The van der Waals surface area contributed by atoms with E-state index in [9.17, 15) is 0 Å². The number of hydrogen-bond donors (Lipinski definition) is 2. The van der Waals surface area contributed by atoms with Gasteiger partial charge in [-0.2, -0.15) is 0 Å². The van der Waals surface area contributed by atoms with Crippen LogP contribution in [0.1, 0.15) is 25.7 Å². The Morgan fingerprint density at radius 2 is 2.19 bits per heavy atom. The van der Waals surface area contributed by atoms with Crippen LogP contribution in [0.5, 0.6) is 0 Å². The molecule has 0 spiro atoms. The van der Waals surface area contributed by atoms with Crippen molar-refractivity contribution in [1.82, 2.24) is 9.80 Å². The van der Waals surface area contributed by atoms with Crippen LogP contribution in [0.25, 0.3) is 0 Å². The van der Waals surface area contributed by atoms with Crippen molar-refractivity contribution in [3.63, 3.8) is 0 Å². The molecule has 1 heterocycles. The van der Waals surface area contributed by atoms with Crippen LogP contribution >= 0.6 is 0 Å². The van der Waals surface area contributed by atoms with Gasteiger partial charge in [0.25, 0.3) is 0 Å². The highest BCUT2D eigenvalue weighted by Crippen LogP contribution is 2.49. The van der Waals surface area contributed by atoms with E-state index in [4.69, 9.17) is 11.1 Å². The van der Waals surface area contributed by atoms with Crippen molar-refractivity contribution in [3.8, 4) is 0 Å². The molecule has 1 aliphatic carbocycles. The van der Waals surface area contributed by atoms with Gasteiger partial charge in [-0.3, -0.25) is 5.41 Å². The minimum absolute atomic E-state index is 0.362. The molecule has 3 N–H and O–H groups in total. The number of rotatable bonds is 5. The van der Waals surface area contributed by atoms with Crippen molar-refractivity contribution >= 4 is 5.84 Å². The van der Waals surface area contributed by atoms with Crippen LogP contribution in [0.4, 0.5) is 0 Å². The van der Waals surface area contributed by atoms with Gasteiger partial charge in [-0.15, -0.1) is 0 Å². The van der Waals surface area contributed by atoms with E-state index in [1.165, 1.54) is 32.4 Å². The molecule has 1 atom stereocenters. The van der Waals surface area contributed by atoms with Crippen molar-refractivity contribution < 1.29 is 0 Å². The van der Waals surface area contributed by atoms with Gasteiger partial charge < -0.3 is 15.5 Å². The maximum Gasteiger partial charge on any atom is 0.0911 e. The summed E-state index contributed by atoms with van der Waals surface area (Å²) in [6.45, 7) is 3.55. The lowest BCUT2D eigenvalue weighted by Gasteiger charge is -2.24. The summed E-state index contributed by atoms with van der Waals surface area (Å²) in [7, 11) is 4.33. The van der Waals surface area contributed by atoms with Crippen LogP contribution in [0.3, 0.4) is 0 Å². The highest BCUT2D eigenvalue weighted by atomic mass is 15.2. The highest BCUT2D eigenvalue weighted by Gasteiger charge is 2.45. The summed E-state index contributed by atoms with van der Waals surface area (Å²) in [4.78, 5) is 4.88. The van der Waals surface area contributed by atoms with Crippen LogP contribution < -0.4 is 5.73 Å². The first-order valence-corrected chi connectivity index (χ1v) is 6.22. The number of nitrogens with one attached hydrogen (secondary N) is 1. The molecular formula is C12H24N4. The lowest BCUT2D eigenvalue weighted by molar-refractivity contribution is 0.235. The summed E-state index contributed by atoms with van der Waals surface area (Å²) in [5, 5.41) is 7.42. The van der Waals surface area contributed by atoms with Crippen LogP contribution in [0.2, 0.25) is 0 Å². The molecule has 4 nitrogen and oxygen atoms in total. The fourth-order valence-electron chi connectivity index (χ4n) is 2.82. The van der Waals surface area contributed by atoms with Crippen LogP contribution in [-0.4, -0.2) is 55.4 Å². The van der Waals surface area contributed by atoms with E-state index in [1.807, 2.05) is 0 Å². The Kier molecular flexibility index (Phi) is 3.22. The molecule has 16 heavy (non-hydrogen) atoms. The first-order valence-electron chi connectivity index (χ1n) is 6.22. The van der Waals surface area contributed by atoms with Crippen molar-refractivity contribution in [2.45, 2.75) is 31.7 Å². The Bertz CT molecular complexity index is 270. The van der Waals surface area contributed by atoms with Crippen LogP contribution in [0, 0.1) is 10.8 Å². The standard InChI is InChI=1S/C12H24N4/c1-15(2)10-3-6-16(8-10)9-12(4-5-12)7-11(13)14/h10H,3-9H2,1-2H3,(H3,13,14). The van der Waals surface area contributed by atoms with E-state index >= 15 is 0 Å². The maximum atomic E-state index is 7.42. The van der Waals surface area contributed by atoms with E-state index in [2.05, 4.69) is 23.9 Å². The van der Waals surface area contributed by atoms with Gasteiger partial charge in [-0.1, -0.05) is 0 Å². The second-order valence-electron chi connectivity index (χ2n) is 5.84. The summed E-state index contributed by atoms with van der Waals surface area (Å²) in [5.74, 6) is 0.362. The molecule has 0 radical (unpaired) electrons. The van der Waals surface area contributed by atoms with E-state index in [0.717, 1.165) is 13.0 Å². The molecule has 0 bridgehead atoms. The molecule has 0 aromatic carbocycles. The lowest BCUT2D eigenvalue weighted by atomic mass is 10.0. The zero-order chi connectivity index (χ0) is 11.8. The first kappa shape index (κ1) is 11.9. The number of amidine groups is 1. The third-order valence-electron chi connectivity index (χ3n) is 4.06. The molecule has 92 valence electrons. The Labute approximate surface area is 98.3 Å². The molecule has 0 aromatic rings. The molecule has 4 heteroatoms. The fraction of sp³-hybridized carbons (Fsp3) is 0.917. The summed E-state index contributed by atoms with van der Waals surface area (Å²) in [6.07, 6.45) is 4.60. The zero-order valence-corrected chi connectivity index (χ0v) is 10.5. The second kappa shape index (κ2) is 4.34. The highest BCUT2D eigenvalue weighted by molar-refractivity contribution is 5.78. The third-order valence-corrected chi connectivity index (χ3v) is 4.06. The first-order chi connectivity index (χ1) is 7.51. The Morgan fingerprint density at radius 1 is 1.50 bits per heavy atom. The SMILES string of the molecule is CN(C)C1CCN(CC2(CC(=N)N)CC2)C1. The van der Waals surface area contributed by atoms with E-state index in [1.54, 1.807) is 0 Å². The Hall–Kier alpha value is -0.610. The lowest BCUT2D eigenvalue weighted by Crippen LogP contribution is -2.35. The Morgan fingerprint density at radius 3 is 2.62 bits per heavy atom. The normalized spacial score (nSPS) is 28.6. The largest absolute Gasteiger partial charge is 0.388 e.